The number of benzene rings is 1. The topological polar surface area (TPSA) is 87.3 Å². The molecule has 0 N–H and O–H groups in total. The van der Waals surface area contributed by atoms with Crippen molar-refractivity contribution >= 4 is 11.7 Å². The predicted molar refractivity (Wildman–Crippen MR) is 79.7 cm³/mol. The Kier molecular flexibility index (Phi) is 4.55. The zero-order valence-corrected chi connectivity index (χ0v) is 12.6. The number of rotatable bonds is 5. The average Bonchev–Trinajstić information content (AvgIpc) is 2.95. The maximum atomic E-state index is 12.1. The summed E-state index contributed by atoms with van der Waals surface area (Å²) in [5.41, 5.74) is 0.773. The van der Waals surface area contributed by atoms with Gasteiger partial charge >= 0.3 is 5.97 Å². The highest BCUT2D eigenvalue weighted by molar-refractivity contribution is 5.87. The molecule has 1 aromatic carbocycles. The van der Waals surface area contributed by atoms with E-state index in [2.05, 4.69) is 4.98 Å². The quantitative estimate of drug-likeness (QED) is 0.481. The lowest BCUT2D eigenvalue weighted by Crippen LogP contribution is -2.18. The van der Waals surface area contributed by atoms with Gasteiger partial charge in [-0.05, 0) is 20.8 Å². The summed E-state index contributed by atoms with van der Waals surface area (Å²) in [5, 5.41) is 11.1. The third-order valence-corrected chi connectivity index (χ3v) is 3.22. The van der Waals surface area contributed by atoms with Crippen LogP contribution in [-0.4, -0.2) is 26.5 Å². The van der Waals surface area contributed by atoms with Crippen LogP contribution in [0.2, 0.25) is 0 Å². The normalized spacial score (nSPS) is 12.2. The summed E-state index contributed by atoms with van der Waals surface area (Å²) in [7, 11) is 0. The van der Waals surface area contributed by atoms with E-state index in [0.717, 1.165) is 0 Å². The molecule has 0 saturated carbocycles. The van der Waals surface area contributed by atoms with Gasteiger partial charge in [0.05, 0.1) is 35.2 Å². The molecule has 1 aromatic heterocycles. The van der Waals surface area contributed by atoms with Crippen LogP contribution in [0.15, 0.2) is 36.8 Å². The molecule has 1 heterocycles. The smallest absolute Gasteiger partial charge is 0.356 e. The van der Waals surface area contributed by atoms with Crippen LogP contribution in [0.5, 0.6) is 0 Å². The number of hydrogen-bond acceptors (Lipinski definition) is 5. The van der Waals surface area contributed by atoms with Gasteiger partial charge in [0, 0.05) is 6.07 Å². The van der Waals surface area contributed by atoms with Gasteiger partial charge in [-0.25, -0.2) is 9.78 Å². The zero-order chi connectivity index (χ0) is 16.3. The average molecular weight is 303 g/mol. The molecule has 2 rings (SSSR count). The number of nitro benzene ring substituents is 1. The van der Waals surface area contributed by atoms with Crippen molar-refractivity contribution in [1.29, 1.82) is 0 Å². The predicted octanol–water partition coefficient (Wildman–Crippen LogP) is 2.97. The van der Waals surface area contributed by atoms with E-state index < -0.39 is 16.9 Å². The molecule has 2 aromatic rings. The number of carbonyl (C=O) groups is 1. The molecule has 1 atom stereocenters. The van der Waals surface area contributed by atoms with E-state index in [-0.39, 0.29) is 17.5 Å². The van der Waals surface area contributed by atoms with Crippen molar-refractivity contribution in [2.75, 3.05) is 0 Å². The summed E-state index contributed by atoms with van der Waals surface area (Å²) >= 11 is 0. The van der Waals surface area contributed by atoms with Crippen LogP contribution in [0.4, 0.5) is 5.69 Å². The minimum absolute atomic E-state index is 0.00637. The Hall–Kier alpha value is -2.70. The van der Waals surface area contributed by atoms with Crippen LogP contribution in [0, 0.1) is 10.1 Å². The van der Waals surface area contributed by atoms with Crippen LogP contribution >= 0.6 is 0 Å². The van der Waals surface area contributed by atoms with Gasteiger partial charge < -0.3 is 9.30 Å². The molecular formula is C15H17N3O4. The molecule has 0 fully saturated rings. The lowest BCUT2D eigenvalue weighted by Gasteiger charge is -2.17. The number of carbonyl (C=O) groups excluding carboxylic acids is 1. The number of esters is 1. The first kappa shape index (κ1) is 15.7. The fraction of sp³-hybridized carbons (Fsp3) is 0.333. The molecule has 0 aliphatic rings. The summed E-state index contributed by atoms with van der Waals surface area (Å²) in [6.07, 6.45) is 2.62. The van der Waals surface area contributed by atoms with Crippen molar-refractivity contribution in [2.24, 2.45) is 0 Å². The first-order chi connectivity index (χ1) is 10.4. The number of nitro groups is 1. The molecule has 0 aliphatic carbocycles. The Morgan fingerprint density at radius 1 is 1.32 bits per heavy atom. The second-order valence-electron chi connectivity index (χ2n) is 5.13. The summed E-state index contributed by atoms with van der Waals surface area (Å²) in [6, 6.07) is 6.02. The molecule has 0 aliphatic heterocycles. The van der Waals surface area contributed by atoms with Crippen molar-refractivity contribution in [3.8, 4) is 0 Å². The lowest BCUT2D eigenvalue weighted by atomic mass is 10.1. The fourth-order valence-electron chi connectivity index (χ4n) is 2.20. The molecule has 0 bridgehead atoms. The van der Waals surface area contributed by atoms with Crippen LogP contribution in [0.25, 0.3) is 0 Å². The van der Waals surface area contributed by atoms with E-state index in [0.29, 0.717) is 5.56 Å². The van der Waals surface area contributed by atoms with E-state index in [1.165, 1.54) is 18.6 Å². The molecule has 22 heavy (non-hydrogen) atoms. The molecule has 116 valence electrons. The van der Waals surface area contributed by atoms with Crippen LogP contribution in [0.1, 0.15) is 42.9 Å². The third kappa shape index (κ3) is 3.13. The Labute approximate surface area is 127 Å². The number of aromatic nitrogens is 2. The zero-order valence-electron chi connectivity index (χ0n) is 12.6. The molecular weight excluding hydrogens is 286 g/mol. The standard InChI is InChI=1S/C15H17N3O4/c1-10(2)22-15(19)14-8-16-9-17(14)11(3)12-6-4-5-7-13(12)18(20)21/h4-11H,1-3H3. The summed E-state index contributed by atoms with van der Waals surface area (Å²) in [4.78, 5) is 26.8. The van der Waals surface area contributed by atoms with Crippen molar-refractivity contribution in [3.63, 3.8) is 0 Å². The highest BCUT2D eigenvalue weighted by Gasteiger charge is 2.24. The van der Waals surface area contributed by atoms with Crippen LogP contribution < -0.4 is 0 Å². The Morgan fingerprint density at radius 3 is 2.64 bits per heavy atom. The maximum absolute atomic E-state index is 12.1. The fourth-order valence-corrected chi connectivity index (χ4v) is 2.20. The van der Waals surface area contributed by atoms with Crippen molar-refractivity contribution < 1.29 is 14.5 Å². The second kappa shape index (κ2) is 6.38. The van der Waals surface area contributed by atoms with Crippen LogP contribution in [-0.2, 0) is 4.74 Å². The van der Waals surface area contributed by atoms with Gasteiger partial charge in [-0.15, -0.1) is 0 Å². The summed E-state index contributed by atoms with van der Waals surface area (Å²) < 4.78 is 6.74. The second-order valence-corrected chi connectivity index (χ2v) is 5.13. The third-order valence-electron chi connectivity index (χ3n) is 3.22. The van der Waals surface area contributed by atoms with Gasteiger partial charge in [0.1, 0.15) is 5.69 Å². The molecule has 7 heteroatoms. The van der Waals surface area contributed by atoms with Crippen molar-refractivity contribution in [2.45, 2.75) is 32.9 Å². The first-order valence-electron chi connectivity index (χ1n) is 6.88. The number of nitrogens with zero attached hydrogens (tertiary/aromatic N) is 3. The van der Waals surface area contributed by atoms with Gasteiger partial charge in [0.2, 0.25) is 0 Å². The van der Waals surface area contributed by atoms with E-state index in [4.69, 9.17) is 4.74 Å². The highest BCUT2D eigenvalue weighted by atomic mass is 16.6. The Morgan fingerprint density at radius 2 is 2.00 bits per heavy atom. The first-order valence-corrected chi connectivity index (χ1v) is 6.88. The molecule has 0 spiro atoms. The Balaban J connectivity index is 2.40. The van der Waals surface area contributed by atoms with Gasteiger partial charge in [-0.3, -0.25) is 10.1 Å². The SMILES string of the molecule is CC(C)OC(=O)c1cncn1C(C)c1ccccc1[N+](=O)[O-]. The Bertz CT molecular complexity index is 694. The maximum Gasteiger partial charge on any atom is 0.356 e. The van der Waals surface area contributed by atoms with Gasteiger partial charge in [-0.1, -0.05) is 18.2 Å². The van der Waals surface area contributed by atoms with Gasteiger partial charge in [0.15, 0.2) is 0 Å². The summed E-state index contributed by atoms with van der Waals surface area (Å²) in [5.74, 6) is -0.502. The van der Waals surface area contributed by atoms with E-state index in [9.17, 15) is 14.9 Å². The highest BCUT2D eigenvalue weighted by Crippen LogP contribution is 2.28. The number of ether oxygens (including phenoxy) is 1. The molecule has 7 nitrogen and oxygen atoms in total. The van der Waals surface area contributed by atoms with E-state index >= 15 is 0 Å². The van der Waals surface area contributed by atoms with E-state index in [1.807, 2.05) is 0 Å². The number of hydrogen-bond donors (Lipinski definition) is 0. The van der Waals surface area contributed by atoms with Crippen LogP contribution in [0.3, 0.4) is 0 Å². The lowest BCUT2D eigenvalue weighted by molar-refractivity contribution is -0.385. The van der Waals surface area contributed by atoms with Crippen molar-refractivity contribution in [3.05, 3.63) is 58.2 Å². The molecule has 0 saturated heterocycles. The minimum atomic E-state index is -0.502. The monoisotopic (exact) mass is 303 g/mol. The van der Waals surface area contributed by atoms with Crippen molar-refractivity contribution in [1.82, 2.24) is 9.55 Å². The number of para-hydroxylation sites is 1. The minimum Gasteiger partial charge on any atom is -0.458 e. The molecule has 0 radical (unpaired) electrons. The number of imidazole rings is 1. The molecule has 1 unspecified atom stereocenters. The van der Waals surface area contributed by atoms with E-state index in [1.54, 1.807) is 43.5 Å². The van der Waals surface area contributed by atoms with Gasteiger partial charge in [0.25, 0.3) is 5.69 Å². The van der Waals surface area contributed by atoms with Gasteiger partial charge in [-0.2, -0.15) is 0 Å². The summed E-state index contributed by atoms with van der Waals surface area (Å²) in [6.45, 7) is 5.28. The molecule has 0 amide bonds. The largest absolute Gasteiger partial charge is 0.458 e.